The maximum Gasteiger partial charge on any atom is 0.349 e. The number of halogens is 2. The monoisotopic (exact) mass is 313 g/mol. The zero-order valence-electron chi connectivity index (χ0n) is 8.83. The number of aromatic nitrogens is 2. The molecule has 6 heteroatoms. The van der Waals surface area contributed by atoms with Crippen LogP contribution in [0.15, 0.2) is 16.9 Å². The van der Waals surface area contributed by atoms with E-state index in [9.17, 15) is 4.79 Å². The fourth-order valence-electron chi connectivity index (χ4n) is 2.08. The first-order chi connectivity index (χ1) is 8.20. The highest BCUT2D eigenvalue weighted by Crippen LogP contribution is 2.29. The summed E-state index contributed by atoms with van der Waals surface area (Å²) in [6, 6.07) is 3.72. The first-order valence-electron chi connectivity index (χ1n) is 5.23. The van der Waals surface area contributed by atoms with Crippen molar-refractivity contribution in [1.29, 1.82) is 0 Å². The van der Waals surface area contributed by atoms with Gasteiger partial charge in [-0.3, -0.25) is 4.57 Å². The quantitative estimate of drug-likeness (QED) is 0.822. The predicted molar refractivity (Wildman–Crippen MR) is 72.1 cm³/mol. The summed E-state index contributed by atoms with van der Waals surface area (Å²) in [6.45, 7) is 1.42. The van der Waals surface area contributed by atoms with Gasteiger partial charge in [-0.25, -0.2) is 4.79 Å². The van der Waals surface area contributed by atoms with Crippen LogP contribution in [0.4, 0.5) is 5.82 Å². The summed E-state index contributed by atoms with van der Waals surface area (Å²) >= 11 is 9.54. The highest BCUT2D eigenvalue weighted by atomic mass is 79.9. The van der Waals surface area contributed by atoms with Crippen molar-refractivity contribution in [3.63, 3.8) is 0 Å². The first-order valence-corrected chi connectivity index (χ1v) is 6.73. The third-order valence-corrected chi connectivity index (χ3v) is 3.86. The number of hydrogen-bond donors (Lipinski definition) is 1. The maximum absolute atomic E-state index is 11.8. The molecule has 0 spiro atoms. The van der Waals surface area contributed by atoms with Crippen molar-refractivity contribution in [1.82, 2.24) is 9.55 Å². The molecule has 1 aliphatic heterocycles. The molecule has 0 atom stereocenters. The Kier molecular flexibility index (Phi) is 2.60. The Morgan fingerprint density at radius 1 is 1.53 bits per heavy atom. The molecule has 0 amide bonds. The molecule has 0 aliphatic carbocycles. The molecular weight excluding hydrogens is 305 g/mol. The van der Waals surface area contributed by atoms with E-state index in [0.717, 1.165) is 23.3 Å². The molecule has 1 aliphatic rings. The van der Waals surface area contributed by atoms with E-state index < -0.39 is 0 Å². The lowest BCUT2D eigenvalue weighted by Gasteiger charge is -2.08. The van der Waals surface area contributed by atoms with Gasteiger partial charge >= 0.3 is 5.69 Å². The van der Waals surface area contributed by atoms with Gasteiger partial charge in [0.2, 0.25) is 0 Å². The fraction of sp³-hybridized carbons (Fsp3) is 0.273. The Hall–Kier alpha value is -1.07. The van der Waals surface area contributed by atoms with E-state index in [2.05, 4.69) is 26.2 Å². The zero-order chi connectivity index (χ0) is 12.0. The van der Waals surface area contributed by atoms with E-state index >= 15 is 0 Å². The minimum Gasteiger partial charge on any atom is -0.369 e. The molecule has 0 radical (unpaired) electrons. The summed E-state index contributed by atoms with van der Waals surface area (Å²) < 4.78 is 1.65. The third kappa shape index (κ3) is 1.65. The van der Waals surface area contributed by atoms with Gasteiger partial charge in [-0.1, -0.05) is 27.5 Å². The number of rotatable bonds is 1. The van der Waals surface area contributed by atoms with Crippen LogP contribution < -0.4 is 11.0 Å². The highest BCUT2D eigenvalue weighted by Gasteiger charge is 2.17. The minimum atomic E-state index is -0.208. The summed E-state index contributed by atoms with van der Waals surface area (Å²) in [6.07, 6.45) is 0. The summed E-state index contributed by atoms with van der Waals surface area (Å²) in [5.74, 6) is 0.822. The second kappa shape index (κ2) is 3.99. The van der Waals surface area contributed by atoms with Gasteiger partial charge in [-0.05, 0) is 17.7 Å². The molecule has 1 N–H and O–H groups in total. The van der Waals surface area contributed by atoms with Crippen molar-refractivity contribution < 1.29 is 0 Å². The van der Waals surface area contributed by atoms with Crippen molar-refractivity contribution >= 4 is 44.3 Å². The van der Waals surface area contributed by atoms with Crippen LogP contribution in [0.5, 0.6) is 0 Å². The molecular formula is C11H9BrClN3O. The van der Waals surface area contributed by atoms with Gasteiger partial charge < -0.3 is 5.32 Å². The van der Waals surface area contributed by atoms with Crippen LogP contribution in [0.25, 0.3) is 10.9 Å². The normalized spacial score (nSPS) is 13.8. The predicted octanol–water partition coefficient (Wildman–Crippen LogP) is 2.37. The van der Waals surface area contributed by atoms with E-state index in [0.29, 0.717) is 22.4 Å². The Morgan fingerprint density at radius 3 is 3.12 bits per heavy atom. The van der Waals surface area contributed by atoms with Crippen LogP contribution in [0.1, 0.15) is 5.56 Å². The lowest BCUT2D eigenvalue weighted by molar-refractivity contribution is 0.750. The molecule has 2 aromatic rings. The van der Waals surface area contributed by atoms with E-state index in [1.165, 1.54) is 0 Å². The average molecular weight is 315 g/mol. The number of hydrogen-bond acceptors (Lipinski definition) is 3. The van der Waals surface area contributed by atoms with Gasteiger partial charge in [0.05, 0.1) is 5.52 Å². The number of fused-ring (bicyclic) bond motifs is 3. The lowest BCUT2D eigenvalue weighted by Crippen LogP contribution is -2.20. The van der Waals surface area contributed by atoms with Crippen molar-refractivity contribution in [2.45, 2.75) is 11.9 Å². The van der Waals surface area contributed by atoms with Crippen LogP contribution in [-0.2, 0) is 11.9 Å². The van der Waals surface area contributed by atoms with Crippen molar-refractivity contribution in [2.75, 3.05) is 11.9 Å². The summed E-state index contributed by atoms with van der Waals surface area (Å²) in [7, 11) is 0. The van der Waals surface area contributed by atoms with Crippen molar-refractivity contribution in [3.05, 3.63) is 33.2 Å². The number of nitrogens with one attached hydrogen (secondary N) is 1. The standard InChI is InChI=1S/C11H9BrClN3O/c12-5-6-3-9-7(4-8(6)13)10-14-1-2-16(10)11(17)15-9/h3-4,14H,1-2,5H2. The average Bonchev–Trinajstić information content (AvgIpc) is 2.79. The molecule has 0 fully saturated rings. The molecule has 0 unspecified atom stereocenters. The summed E-state index contributed by atoms with van der Waals surface area (Å²) in [5.41, 5.74) is 1.42. The molecule has 0 saturated carbocycles. The van der Waals surface area contributed by atoms with Gasteiger partial charge in [0.1, 0.15) is 5.82 Å². The van der Waals surface area contributed by atoms with Crippen LogP contribution >= 0.6 is 27.5 Å². The summed E-state index contributed by atoms with van der Waals surface area (Å²) in [4.78, 5) is 15.9. The highest BCUT2D eigenvalue weighted by molar-refractivity contribution is 9.08. The van der Waals surface area contributed by atoms with E-state index in [1.54, 1.807) is 4.57 Å². The second-order valence-corrected chi connectivity index (χ2v) is 4.88. The van der Waals surface area contributed by atoms with Crippen LogP contribution in [-0.4, -0.2) is 16.1 Å². The van der Waals surface area contributed by atoms with E-state index in [4.69, 9.17) is 11.6 Å². The van der Waals surface area contributed by atoms with Gasteiger partial charge in [-0.15, -0.1) is 0 Å². The molecule has 1 aromatic heterocycles. The molecule has 0 saturated heterocycles. The van der Waals surface area contributed by atoms with Crippen LogP contribution in [0, 0.1) is 0 Å². The van der Waals surface area contributed by atoms with Gasteiger partial charge in [0.25, 0.3) is 0 Å². The fourth-order valence-corrected chi connectivity index (χ4v) is 2.93. The van der Waals surface area contributed by atoms with E-state index in [1.807, 2.05) is 12.1 Å². The smallest absolute Gasteiger partial charge is 0.349 e. The molecule has 4 nitrogen and oxygen atoms in total. The maximum atomic E-state index is 11.8. The molecule has 1 aromatic carbocycles. The molecule has 0 bridgehead atoms. The Bertz CT molecular complexity index is 668. The molecule has 17 heavy (non-hydrogen) atoms. The topological polar surface area (TPSA) is 46.9 Å². The Labute approximate surface area is 111 Å². The molecule has 88 valence electrons. The minimum absolute atomic E-state index is 0.208. The van der Waals surface area contributed by atoms with Gasteiger partial charge in [0.15, 0.2) is 0 Å². The van der Waals surface area contributed by atoms with Crippen molar-refractivity contribution in [2.24, 2.45) is 0 Å². The van der Waals surface area contributed by atoms with Gasteiger partial charge in [-0.2, -0.15) is 4.98 Å². The largest absolute Gasteiger partial charge is 0.369 e. The third-order valence-electron chi connectivity index (χ3n) is 2.91. The summed E-state index contributed by atoms with van der Waals surface area (Å²) in [5, 5.41) is 5.44. The second-order valence-electron chi connectivity index (χ2n) is 3.92. The zero-order valence-corrected chi connectivity index (χ0v) is 11.2. The first kappa shape index (κ1) is 11.0. The Morgan fingerprint density at radius 2 is 2.35 bits per heavy atom. The number of anilines is 1. The van der Waals surface area contributed by atoms with Crippen LogP contribution in [0.3, 0.4) is 0 Å². The van der Waals surface area contributed by atoms with E-state index in [-0.39, 0.29) is 5.69 Å². The Balaban J connectivity index is 2.41. The van der Waals surface area contributed by atoms with Crippen LogP contribution in [0.2, 0.25) is 5.02 Å². The SMILES string of the molecule is O=c1nc2cc(CBr)c(Cl)cc2c2n1CCN2. The lowest BCUT2D eigenvalue weighted by atomic mass is 10.1. The van der Waals surface area contributed by atoms with Gasteiger partial charge in [0, 0.05) is 28.8 Å². The molecule has 2 heterocycles. The number of benzene rings is 1. The van der Waals surface area contributed by atoms with Crippen molar-refractivity contribution in [3.8, 4) is 0 Å². The molecule has 3 rings (SSSR count). The number of nitrogens with zero attached hydrogens (tertiary/aromatic N) is 2. The number of alkyl halides is 1.